The Morgan fingerprint density at radius 3 is 2.83 bits per heavy atom. The predicted octanol–water partition coefficient (Wildman–Crippen LogP) is 5.95. The van der Waals surface area contributed by atoms with Crippen molar-refractivity contribution in [2.75, 3.05) is 0 Å². The summed E-state index contributed by atoms with van der Waals surface area (Å²) in [5.74, 6) is 1.27. The van der Waals surface area contributed by atoms with Gasteiger partial charge in [0.05, 0.1) is 17.1 Å². The minimum absolute atomic E-state index is 0.0438. The van der Waals surface area contributed by atoms with Crippen LogP contribution in [0.25, 0.3) is 22.2 Å². The van der Waals surface area contributed by atoms with E-state index in [-0.39, 0.29) is 17.3 Å². The fraction of sp³-hybridized carbons (Fsp3) is 0.174. The zero-order valence-corrected chi connectivity index (χ0v) is 18.1. The standard InChI is InChI=1S/C23H19BrFN3O2/c1-3-14(2)22-27-20-9-7-16(24)12-19(20)23(29)28(22)26-13-18-8-10-21(30-18)15-5-4-6-17(25)11-15/h4-14H,3H2,1-2H3/t14-/m1/s1. The molecule has 4 rings (SSSR count). The molecule has 0 saturated heterocycles. The number of fused-ring (bicyclic) bond motifs is 1. The molecule has 4 aromatic rings. The predicted molar refractivity (Wildman–Crippen MR) is 120 cm³/mol. The van der Waals surface area contributed by atoms with E-state index in [4.69, 9.17) is 4.42 Å². The third-order valence-electron chi connectivity index (χ3n) is 4.92. The Morgan fingerprint density at radius 1 is 1.23 bits per heavy atom. The van der Waals surface area contributed by atoms with Crippen molar-refractivity contribution in [1.29, 1.82) is 0 Å². The topological polar surface area (TPSA) is 60.4 Å². The summed E-state index contributed by atoms with van der Waals surface area (Å²) >= 11 is 3.40. The van der Waals surface area contributed by atoms with Crippen molar-refractivity contribution < 1.29 is 8.81 Å². The number of hydrogen-bond donors (Lipinski definition) is 0. The number of aromatic nitrogens is 2. The Balaban J connectivity index is 1.77. The van der Waals surface area contributed by atoms with Crippen LogP contribution in [0.2, 0.25) is 0 Å². The van der Waals surface area contributed by atoms with Gasteiger partial charge >= 0.3 is 0 Å². The maximum Gasteiger partial charge on any atom is 0.282 e. The van der Waals surface area contributed by atoms with Gasteiger partial charge in [-0.1, -0.05) is 41.9 Å². The number of rotatable bonds is 5. The molecule has 7 heteroatoms. The van der Waals surface area contributed by atoms with Gasteiger partial charge < -0.3 is 4.42 Å². The van der Waals surface area contributed by atoms with Crippen LogP contribution in [0.3, 0.4) is 0 Å². The SMILES string of the molecule is CC[C@@H](C)c1nc2ccc(Br)cc2c(=O)n1N=Cc1ccc(-c2cccc(F)c2)o1. The van der Waals surface area contributed by atoms with Gasteiger partial charge in [0.1, 0.15) is 23.2 Å². The minimum Gasteiger partial charge on any atom is -0.455 e. The lowest BCUT2D eigenvalue weighted by atomic mass is 10.1. The van der Waals surface area contributed by atoms with Crippen molar-refractivity contribution in [2.45, 2.75) is 26.2 Å². The van der Waals surface area contributed by atoms with Crippen LogP contribution in [0.15, 0.2) is 73.4 Å². The molecular formula is C23H19BrFN3O2. The summed E-state index contributed by atoms with van der Waals surface area (Å²) in [5, 5.41) is 4.86. The zero-order valence-electron chi connectivity index (χ0n) is 16.5. The van der Waals surface area contributed by atoms with Gasteiger partial charge in [-0.2, -0.15) is 9.78 Å². The third-order valence-corrected chi connectivity index (χ3v) is 5.42. The fourth-order valence-corrected chi connectivity index (χ4v) is 3.47. The number of furan rings is 1. The molecule has 0 saturated carbocycles. The van der Waals surface area contributed by atoms with Crippen molar-refractivity contribution in [3.8, 4) is 11.3 Å². The minimum atomic E-state index is -0.336. The van der Waals surface area contributed by atoms with Gasteiger partial charge in [0.2, 0.25) is 0 Å². The molecule has 1 atom stereocenters. The highest BCUT2D eigenvalue weighted by atomic mass is 79.9. The molecule has 0 N–H and O–H groups in total. The van der Waals surface area contributed by atoms with Gasteiger partial charge in [-0.3, -0.25) is 4.79 Å². The van der Waals surface area contributed by atoms with Crippen LogP contribution in [0, 0.1) is 5.82 Å². The van der Waals surface area contributed by atoms with Gasteiger partial charge in [-0.15, -0.1) is 0 Å². The van der Waals surface area contributed by atoms with E-state index in [1.54, 1.807) is 30.3 Å². The number of halogens is 2. The normalized spacial score (nSPS) is 12.7. The Morgan fingerprint density at radius 2 is 2.07 bits per heavy atom. The molecule has 0 radical (unpaired) electrons. The van der Waals surface area contributed by atoms with E-state index in [0.29, 0.717) is 33.8 Å². The first-order valence-corrected chi connectivity index (χ1v) is 10.4. The molecule has 0 spiro atoms. The molecule has 0 aliphatic heterocycles. The molecule has 2 aromatic carbocycles. The molecule has 0 amide bonds. The van der Waals surface area contributed by atoms with Gasteiger partial charge in [-0.25, -0.2) is 9.37 Å². The van der Waals surface area contributed by atoms with Crippen molar-refractivity contribution in [3.63, 3.8) is 0 Å². The molecular weight excluding hydrogens is 449 g/mol. The Labute approximate surface area is 181 Å². The van der Waals surface area contributed by atoms with E-state index < -0.39 is 0 Å². The quantitative estimate of drug-likeness (QED) is 0.340. The number of benzene rings is 2. The van der Waals surface area contributed by atoms with Crippen LogP contribution in [0.1, 0.15) is 37.8 Å². The van der Waals surface area contributed by atoms with E-state index in [2.05, 4.69) is 26.0 Å². The van der Waals surface area contributed by atoms with Crippen LogP contribution in [-0.2, 0) is 0 Å². The second kappa shape index (κ2) is 8.36. The van der Waals surface area contributed by atoms with Crippen molar-refractivity contribution in [3.05, 3.63) is 86.8 Å². The fourth-order valence-electron chi connectivity index (χ4n) is 3.11. The zero-order chi connectivity index (χ0) is 21.3. The molecule has 30 heavy (non-hydrogen) atoms. The Kier molecular flexibility index (Phi) is 5.63. The van der Waals surface area contributed by atoms with E-state index >= 15 is 0 Å². The summed E-state index contributed by atoms with van der Waals surface area (Å²) in [6, 6.07) is 15.0. The van der Waals surface area contributed by atoms with Gasteiger partial charge in [0, 0.05) is 16.0 Å². The first kappa shape index (κ1) is 20.2. The lowest BCUT2D eigenvalue weighted by molar-refractivity contribution is 0.570. The summed E-state index contributed by atoms with van der Waals surface area (Å²) in [7, 11) is 0. The van der Waals surface area contributed by atoms with E-state index in [0.717, 1.165) is 10.9 Å². The molecule has 0 aliphatic rings. The molecule has 0 fully saturated rings. The largest absolute Gasteiger partial charge is 0.455 e. The average Bonchev–Trinajstić information content (AvgIpc) is 3.22. The molecule has 0 bridgehead atoms. The lowest BCUT2D eigenvalue weighted by Crippen LogP contribution is -2.23. The van der Waals surface area contributed by atoms with E-state index in [1.807, 2.05) is 26.0 Å². The second-order valence-electron chi connectivity index (χ2n) is 7.01. The maximum absolute atomic E-state index is 13.5. The van der Waals surface area contributed by atoms with Crippen LogP contribution >= 0.6 is 15.9 Å². The second-order valence-corrected chi connectivity index (χ2v) is 7.93. The van der Waals surface area contributed by atoms with Crippen LogP contribution in [-0.4, -0.2) is 15.9 Å². The molecule has 152 valence electrons. The van der Waals surface area contributed by atoms with Crippen LogP contribution in [0.4, 0.5) is 4.39 Å². The Hall–Kier alpha value is -3.06. The van der Waals surface area contributed by atoms with E-state index in [1.165, 1.54) is 23.0 Å². The van der Waals surface area contributed by atoms with Crippen LogP contribution in [0.5, 0.6) is 0 Å². The molecule has 5 nitrogen and oxygen atoms in total. The monoisotopic (exact) mass is 467 g/mol. The van der Waals surface area contributed by atoms with Crippen molar-refractivity contribution in [1.82, 2.24) is 9.66 Å². The summed E-state index contributed by atoms with van der Waals surface area (Å²) in [6.45, 7) is 4.04. The average molecular weight is 468 g/mol. The molecule has 0 unspecified atom stereocenters. The number of nitrogens with zero attached hydrogens (tertiary/aromatic N) is 3. The highest BCUT2D eigenvalue weighted by Gasteiger charge is 2.15. The third kappa shape index (κ3) is 3.98. The van der Waals surface area contributed by atoms with Crippen molar-refractivity contribution >= 4 is 33.0 Å². The Bertz CT molecular complexity index is 1310. The van der Waals surface area contributed by atoms with Gasteiger partial charge in [-0.05, 0) is 48.9 Å². The highest BCUT2D eigenvalue weighted by Crippen LogP contribution is 2.23. The summed E-state index contributed by atoms with van der Waals surface area (Å²) < 4.78 is 21.4. The lowest BCUT2D eigenvalue weighted by Gasteiger charge is -2.13. The first-order valence-electron chi connectivity index (χ1n) is 9.58. The number of hydrogen-bond acceptors (Lipinski definition) is 4. The van der Waals surface area contributed by atoms with Gasteiger partial charge in [0.15, 0.2) is 0 Å². The smallest absolute Gasteiger partial charge is 0.282 e. The highest BCUT2D eigenvalue weighted by molar-refractivity contribution is 9.10. The van der Waals surface area contributed by atoms with Crippen LogP contribution < -0.4 is 5.56 Å². The molecule has 2 heterocycles. The molecule has 0 aliphatic carbocycles. The molecule has 2 aromatic heterocycles. The summed E-state index contributed by atoms with van der Waals surface area (Å²) in [6.07, 6.45) is 2.29. The van der Waals surface area contributed by atoms with E-state index in [9.17, 15) is 9.18 Å². The maximum atomic E-state index is 13.5. The van der Waals surface area contributed by atoms with Crippen molar-refractivity contribution in [2.24, 2.45) is 5.10 Å². The summed E-state index contributed by atoms with van der Waals surface area (Å²) in [5.41, 5.74) is 1.02. The van der Waals surface area contributed by atoms with Gasteiger partial charge in [0.25, 0.3) is 5.56 Å². The first-order chi connectivity index (χ1) is 14.5. The summed E-state index contributed by atoms with van der Waals surface area (Å²) in [4.78, 5) is 17.8.